The van der Waals surface area contributed by atoms with E-state index in [0.29, 0.717) is 0 Å². The van der Waals surface area contributed by atoms with E-state index in [9.17, 15) is 0 Å². The molecule has 0 radical (unpaired) electrons. The first-order chi connectivity index (χ1) is 9.15. The molecule has 0 fully saturated rings. The first kappa shape index (κ1) is 16.1. The van der Waals surface area contributed by atoms with Gasteiger partial charge in [0.1, 0.15) is 0 Å². The smallest absolute Gasteiger partial charge is 0.206 e. The highest BCUT2D eigenvalue weighted by atomic mass is 35.5. The molecular formula is C13H15Cl2N5. The SMILES string of the molecule is Cl.N=C(N)NN=Cc1cccn1Cc1ccc(Cl)cc1. The average molecular weight is 312 g/mol. The van der Waals surface area contributed by atoms with Crippen LogP contribution in [0.25, 0.3) is 0 Å². The van der Waals surface area contributed by atoms with E-state index in [1.807, 2.05) is 47.2 Å². The lowest BCUT2D eigenvalue weighted by Gasteiger charge is -2.06. The Labute approximate surface area is 128 Å². The number of nitrogens with zero attached hydrogens (tertiary/aromatic N) is 2. The molecule has 7 heteroatoms. The van der Waals surface area contributed by atoms with Gasteiger partial charge in [0.25, 0.3) is 0 Å². The summed E-state index contributed by atoms with van der Waals surface area (Å²) >= 11 is 5.85. The van der Waals surface area contributed by atoms with Crippen LogP contribution < -0.4 is 11.2 Å². The first-order valence-electron chi connectivity index (χ1n) is 5.68. The maximum Gasteiger partial charge on any atom is 0.206 e. The van der Waals surface area contributed by atoms with Crippen LogP contribution in [0.3, 0.4) is 0 Å². The van der Waals surface area contributed by atoms with E-state index in [2.05, 4.69) is 10.5 Å². The Kier molecular flexibility index (Phi) is 6.09. The minimum atomic E-state index is -0.188. The molecule has 0 atom stereocenters. The molecule has 2 aromatic rings. The average Bonchev–Trinajstić information content (AvgIpc) is 2.79. The number of nitrogens with two attached hydrogens (primary N) is 1. The number of guanidine groups is 1. The molecule has 1 heterocycles. The molecule has 0 spiro atoms. The zero-order valence-corrected chi connectivity index (χ0v) is 12.2. The van der Waals surface area contributed by atoms with Crippen molar-refractivity contribution in [2.75, 3.05) is 0 Å². The predicted octanol–water partition coefficient (Wildman–Crippen LogP) is 2.43. The van der Waals surface area contributed by atoms with Gasteiger partial charge in [0.05, 0.1) is 11.9 Å². The van der Waals surface area contributed by atoms with Crippen molar-refractivity contribution in [3.63, 3.8) is 0 Å². The normalized spacial score (nSPS) is 10.2. The highest BCUT2D eigenvalue weighted by Gasteiger charge is 2.00. The third kappa shape index (κ3) is 4.60. The van der Waals surface area contributed by atoms with E-state index < -0.39 is 0 Å². The third-order valence-electron chi connectivity index (χ3n) is 2.51. The van der Waals surface area contributed by atoms with Crippen LogP contribution in [0.1, 0.15) is 11.3 Å². The number of halogens is 2. The first-order valence-corrected chi connectivity index (χ1v) is 6.05. The number of aromatic nitrogens is 1. The molecule has 4 N–H and O–H groups in total. The Morgan fingerprint density at radius 2 is 2.05 bits per heavy atom. The van der Waals surface area contributed by atoms with E-state index in [1.54, 1.807) is 6.21 Å². The second-order valence-corrected chi connectivity index (χ2v) is 4.41. The zero-order valence-electron chi connectivity index (χ0n) is 10.6. The van der Waals surface area contributed by atoms with Gasteiger partial charge < -0.3 is 10.3 Å². The molecule has 20 heavy (non-hydrogen) atoms. The van der Waals surface area contributed by atoms with Crippen molar-refractivity contribution in [2.45, 2.75) is 6.54 Å². The Balaban J connectivity index is 0.00000200. The van der Waals surface area contributed by atoms with Crippen molar-refractivity contribution in [3.8, 4) is 0 Å². The topological polar surface area (TPSA) is 79.2 Å². The molecule has 0 saturated heterocycles. The lowest BCUT2D eigenvalue weighted by Crippen LogP contribution is -2.25. The minimum Gasteiger partial charge on any atom is -0.369 e. The summed E-state index contributed by atoms with van der Waals surface area (Å²) in [6, 6.07) is 11.6. The Morgan fingerprint density at radius 3 is 2.70 bits per heavy atom. The highest BCUT2D eigenvalue weighted by Crippen LogP contribution is 2.11. The Morgan fingerprint density at radius 1 is 1.35 bits per heavy atom. The standard InChI is InChI=1S/C13H14ClN5.ClH/c14-11-5-3-10(4-6-11)9-19-7-1-2-12(19)8-17-18-13(15)16;/h1-8H,9H2,(H4,15,16,18);1H. The van der Waals surface area contributed by atoms with Gasteiger partial charge in [0.2, 0.25) is 5.96 Å². The zero-order chi connectivity index (χ0) is 13.7. The van der Waals surface area contributed by atoms with E-state index in [-0.39, 0.29) is 18.4 Å². The van der Waals surface area contributed by atoms with Crippen molar-refractivity contribution in [1.82, 2.24) is 9.99 Å². The molecule has 5 nitrogen and oxygen atoms in total. The van der Waals surface area contributed by atoms with Gasteiger partial charge in [-0.15, -0.1) is 12.4 Å². The van der Waals surface area contributed by atoms with Gasteiger partial charge in [-0.2, -0.15) is 5.10 Å². The number of nitrogens with one attached hydrogen (secondary N) is 2. The molecule has 1 aromatic heterocycles. The summed E-state index contributed by atoms with van der Waals surface area (Å²) in [5.41, 5.74) is 9.60. The molecular weight excluding hydrogens is 297 g/mol. The van der Waals surface area contributed by atoms with E-state index >= 15 is 0 Å². The van der Waals surface area contributed by atoms with Gasteiger partial charge in [0, 0.05) is 17.8 Å². The fourth-order valence-corrected chi connectivity index (χ4v) is 1.77. The molecule has 0 unspecified atom stereocenters. The van der Waals surface area contributed by atoms with Crippen LogP contribution in [0.15, 0.2) is 47.7 Å². The summed E-state index contributed by atoms with van der Waals surface area (Å²) < 4.78 is 2.04. The van der Waals surface area contributed by atoms with Gasteiger partial charge in [0.15, 0.2) is 0 Å². The van der Waals surface area contributed by atoms with Gasteiger partial charge in [-0.25, -0.2) is 5.43 Å². The van der Waals surface area contributed by atoms with Gasteiger partial charge >= 0.3 is 0 Å². The summed E-state index contributed by atoms with van der Waals surface area (Å²) in [7, 11) is 0. The van der Waals surface area contributed by atoms with E-state index in [0.717, 1.165) is 22.8 Å². The number of benzene rings is 1. The second-order valence-electron chi connectivity index (χ2n) is 3.97. The molecule has 0 bridgehead atoms. The highest BCUT2D eigenvalue weighted by molar-refractivity contribution is 6.30. The number of rotatable bonds is 4. The van der Waals surface area contributed by atoms with Crippen LogP contribution in [0.5, 0.6) is 0 Å². The van der Waals surface area contributed by atoms with Gasteiger partial charge in [-0.1, -0.05) is 23.7 Å². The quantitative estimate of drug-likeness (QED) is 0.460. The maximum absolute atomic E-state index is 7.01. The van der Waals surface area contributed by atoms with Crippen molar-refractivity contribution in [3.05, 3.63) is 58.9 Å². The fraction of sp³-hybridized carbons (Fsp3) is 0.0769. The van der Waals surface area contributed by atoms with Gasteiger partial charge in [-0.3, -0.25) is 5.41 Å². The number of hydrogen-bond donors (Lipinski definition) is 3. The molecule has 106 valence electrons. The van der Waals surface area contributed by atoms with Crippen molar-refractivity contribution < 1.29 is 0 Å². The number of hydrazone groups is 1. The maximum atomic E-state index is 7.01. The summed E-state index contributed by atoms with van der Waals surface area (Å²) in [4.78, 5) is 0. The monoisotopic (exact) mass is 311 g/mol. The van der Waals surface area contributed by atoms with Gasteiger partial charge in [-0.05, 0) is 29.8 Å². The summed E-state index contributed by atoms with van der Waals surface area (Å²) in [5.74, 6) is -0.188. The fourth-order valence-electron chi connectivity index (χ4n) is 1.64. The van der Waals surface area contributed by atoms with Crippen LogP contribution in [-0.2, 0) is 6.54 Å². The van der Waals surface area contributed by atoms with Crippen LogP contribution in [0.2, 0.25) is 5.02 Å². The second kappa shape index (κ2) is 7.57. The molecule has 0 aliphatic rings. The molecule has 0 aliphatic heterocycles. The van der Waals surface area contributed by atoms with Crippen molar-refractivity contribution in [1.29, 1.82) is 5.41 Å². The van der Waals surface area contributed by atoms with Crippen LogP contribution in [0, 0.1) is 5.41 Å². The molecule has 0 amide bonds. The van der Waals surface area contributed by atoms with Crippen LogP contribution in [0.4, 0.5) is 0 Å². The molecule has 2 rings (SSSR count). The van der Waals surface area contributed by atoms with E-state index in [1.165, 1.54) is 0 Å². The van der Waals surface area contributed by atoms with Crippen molar-refractivity contribution >= 4 is 36.2 Å². The molecule has 1 aromatic carbocycles. The molecule has 0 aliphatic carbocycles. The summed E-state index contributed by atoms with van der Waals surface area (Å²) in [5, 5.41) is 11.6. The minimum absolute atomic E-state index is 0. The number of hydrogen-bond acceptors (Lipinski definition) is 2. The predicted molar refractivity (Wildman–Crippen MR) is 84.9 cm³/mol. The van der Waals surface area contributed by atoms with Crippen molar-refractivity contribution in [2.24, 2.45) is 10.8 Å². The Bertz CT molecular complexity index is 589. The lowest BCUT2D eigenvalue weighted by molar-refractivity contribution is 0.798. The third-order valence-corrected chi connectivity index (χ3v) is 2.76. The summed E-state index contributed by atoms with van der Waals surface area (Å²) in [6.07, 6.45) is 3.58. The largest absolute Gasteiger partial charge is 0.369 e. The summed E-state index contributed by atoms with van der Waals surface area (Å²) in [6.45, 7) is 0.728. The molecule has 0 saturated carbocycles. The lowest BCUT2D eigenvalue weighted by atomic mass is 10.2. The van der Waals surface area contributed by atoms with Crippen LogP contribution in [-0.4, -0.2) is 16.7 Å². The van der Waals surface area contributed by atoms with Crippen LogP contribution >= 0.6 is 24.0 Å². The Hall–Kier alpha value is -1.98. The van der Waals surface area contributed by atoms with E-state index in [4.69, 9.17) is 22.7 Å².